The highest BCUT2D eigenvalue weighted by atomic mass is 19.1. The van der Waals surface area contributed by atoms with Crippen LogP contribution in [0.1, 0.15) is 36.7 Å². The Hall–Kier alpha value is -3.79. The van der Waals surface area contributed by atoms with Gasteiger partial charge in [-0.3, -0.25) is 9.20 Å². The average Bonchev–Trinajstić information content (AvgIpc) is 3.47. The fourth-order valence-corrected chi connectivity index (χ4v) is 4.43. The highest BCUT2D eigenvalue weighted by Gasteiger charge is 2.25. The summed E-state index contributed by atoms with van der Waals surface area (Å²) in [7, 11) is 0. The molecule has 36 heavy (non-hydrogen) atoms. The molecule has 0 spiro atoms. The summed E-state index contributed by atoms with van der Waals surface area (Å²) < 4.78 is 38.4. The molecule has 1 N–H and O–H groups in total. The Balaban J connectivity index is 1.52. The molecular formula is C26H28F2N6O2. The number of rotatable bonds is 4. The van der Waals surface area contributed by atoms with Crippen LogP contribution >= 0.6 is 0 Å². The first kappa shape index (κ1) is 23.9. The summed E-state index contributed by atoms with van der Waals surface area (Å²) in [6.07, 6.45) is 4.69. The molecule has 0 unspecified atom stereocenters. The molecule has 188 valence electrons. The maximum Gasteiger partial charge on any atom is 0.262 e. The predicted molar refractivity (Wildman–Crippen MR) is 133 cm³/mol. The Morgan fingerprint density at radius 2 is 1.83 bits per heavy atom. The summed E-state index contributed by atoms with van der Waals surface area (Å²) in [5.41, 5.74) is 2.26. The van der Waals surface area contributed by atoms with Gasteiger partial charge in [0.25, 0.3) is 5.91 Å². The maximum atomic E-state index is 14.9. The van der Waals surface area contributed by atoms with Crippen molar-refractivity contribution in [2.45, 2.75) is 33.2 Å². The van der Waals surface area contributed by atoms with Crippen LogP contribution in [0, 0.1) is 18.7 Å². The lowest BCUT2D eigenvalue weighted by atomic mass is 9.99. The second kappa shape index (κ2) is 9.02. The zero-order chi connectivity index (χ0) is 25.6. The number of nitrogens with zero attached hydrogens (tertiary/aromatic N) is 5. The smallest absolute Gasteiger partial charge is 0.262 e. The molecule has 1 fully saturated rings. The first-order chi connectivity index (χ1) is 17.1. The van der Waals surface area contributed by atoms with E-state index in [9.17, 15) is 13.6 Å². The van der Waals surface area contributed by atoms with E-state index in [0.29, 0.717) is 18.8 Å². The van der Waals surface area contributed by atoms with Gasteiger partial charge in [0, 0.05) is 13.1 Å². The fourth-order valence-electron chi connectivity index (χ4n) is 4.43. The standard InChI is InChI=1S/C26H28F2N6O2/c1-16-9-21(27)22(31-25(35)20-14-30-34(24(20)28)26(2,3)4)12-19(16)17-10-18-13-29-15-33(18)23(11-17)32-5-7-36-8-6-32/h9-15H,5-8H2,1-4H3,(H,31,35). The van der Waals surface area contributed by atoms with Gasteiger partial charge in [0.05, 0.1) is 42.4 Å². The van der Waals surface area contributed by atoms with Gasteiger partial charge in [-0.05, 0) is 68.7 Å². The second-order valence-corrected chi connectivity index (χ2v) is 9.92. The molecule has 1 amide bonds. The maximum absolute atomic E-state index is 14.9. The van der Waals surface area contributed by atoms with Gasteiger partial charge >= 0.3 is 0 Å². The number of fused-ring (bicyclic) bond motifs is 1. The van der Waals surface area contributed by atoms with Crippen molar-refractivity contribution in [2.75, 3.05) is 36.5 Å². The van der Waals surface area contributed by atoms with Crippen molar-refractivity contribution >= 4 is 22.9 Å². The van der Waals surface area contributed by atoms with Gasteiger partial charge in [-0.25, -0.2) is 14.1 Å². The van der Waals surface area contributed by atoms with E-state index < -0.39 is 23.2 Å². The molecule has 0 saturated carbocycles. The molecule has 1 aliphatic heterocycles. The van der Waals surface area contributed by atoms with Gasteiger partial charge in [-0.2, -0.15) is 9.49 Å². The van der Waals surface area contributed by atoms with Crippen molar-refractivity contribution < 1.29 is 18.3 Å². The Bertz CT molecular complexity index is 1450. The number of benzene rings is 1. The summed E-state index contributed by atoms with van der Waals surface area (Å²) in [6, 6.07) is 6.95. The topological polar surface area (TPSA) is 76.7 Å². The molecule has 1 aliphatic rings. The molecule has 0 bridgehead atoms. The number of imidazole rings is 1. The zero-order valence-corrected chi connectivity index (χ0v) is 20.7. The molecule has 0 radical (unpaired) electrons. The molecule has 0 aliphatic carbocycles. The average molecular weight is 495 g/mol. The van der Waals surface area contributed by atoms with E-state index in [4.69, 9.17) is 4.74 Å². The van der Waals surface area contributed by atoms with E-state index in [1.807, 2.05) is 23.5 Å². The zero-order valence-electron chi connectivity index (χ0n) is 20.7. The van der Waals surface area contributed by atoms with Crippen LogP contribution in [0.25, 0.3) is 16.6 Å². The van der Waals surface area contributed by atoms with Gasteiger partial charge in [0.1, 0.15) is 23.5 Å². The van der Waals surface area contributed by atoms with Crippen molar-refractivity contribution in [1.82, 2.24) is 19.2 Å². The normalized spacial score (nSPS) is 14.4. The predicted octanol–water partition coefficient (Wildman–Crippen LogP) is 4.63. The highest BCUT2D eigenvalue weighted by molar-refractivity contribution is 6.04. The Morgan fingerprint density at radius 3 is 2.53 bits per heavy atom. The molecule has 1 aromatic carbocycles. The van der Waals surface area contributed by atoms with Gasteiger partial charge in [-0.1, -0.05) is 0 Å². The van der Waals surface area contributed by atoms with Crippen LogP contribution in [-0.4, -0.2) is 51.4 Å². The summed E-state index contributed by atoms with van der Waals surface area (Å²) in [6.45, 7) is 9.90. The largest absolute Gasteiger partial charge is 0.378 e. The van der Waals surface area contributed by atoms with Crippen LogP contribution in [0.4, 0.5) is 20.3 Å². The number of hydrogen-bond acceptors (Lipinski definition) is 5. The first-order valence-corrected chi connectivity index (χ1v) is 11.8. The van der Waals surface area contributed by atoms with E-state index in [0.717, 1.165) is 46.4 Å². The number of nitrogens with one attached hydrogen (secondary N) is 1. The lowest BCUT2D eigenvalue weighted by Gasteiger charge is -2.30. The minimum absolute atomic E-state index is 0.0372. The summed E-state index contributed by atoms with van der Waals surface area (Å²) >= 11 is 0. The molecule has 10 heteroatoms. The van der Waals surface area contributed by atoms with Gasteiger partial charge in [0.15, 0.2) is 0 Å². The van der Waals surface area contributed by atoms with E-state index in [-0.39, 0.29) is 11.3 Å². The fraction of sp³-hybridized carbons (Fsp3) is 0.346. The molecule has 4 aromatic rings. The monoisotopic (exact) mass is 494 g/mol. The number of halogens is 2. The van der Waals surface area contributed by atoms with Crippen molar-refractivity contribution in [3.63, 3.8) is 0 Å². The Kier molecular flexibility index (Phi) is 5.99. The highest BCUT2D eigenvalue weighted by Crippen LogP contribution is 2.33. The van der Waals surface area contributed by atoms with Crippen LogP contribution in [0.3, 0.4) is 0 Å². The number of amides is 1. The number of carbonyl (C=O) groups excluding carboxylic acids is 1. The molecule has 5 rings (SSSR count). The third-order valence-corrected chi connectivity index (χ3v) is 6.30. The van der Waals surface area contributed by atoms with Gasteiger partial charge < -0.3 is 15.0 Å². The third-order valence-electron chi connectivity index (χ3n) is 6.30. The van der Waals surface area contributed by atoms with Crippen LogP contribution in [0.2, 0.25) is 0 Å². The number of anilines is 2. The third kappa shape index (κ3) is 4.32. The van der Waals surface area contributed by atoms with Crippen molar-refractivity contribution in [3.05, 3.63) is 65.9 Å². The number of morpholine rings is 1. The van der Waals surface area contributed by atoms with Crippen LogP contribution in [0.15, 0.2) is 43.0 Å². The van der Waals surface area contributed by atoms with E-state index >= 15 is 0 Å². The number of aryl methyl sites for hydroxylation is 1. The van der Waals surface area contributed by atoms with Crippen molar-refractivity contribution in [2.24, 2.45) is 0 Å². The lowest BCUT2D eigenvalue weighted by molar-refractivity contribution is 0.102. The van der Waals surface area contributed by atoms with Crippen molar-refractivity contribution in [3.8, 4) is 11.1 Å². The van der Waals surface area contributed by atoms with E-state index in [2.05, 4.69) is 20.3 Å². The summed E-state index contributed by atoms with van der Waals surface area (Å²) in [5.74, 6) is -1.19. The van der Waals surface area contributed by atoms with E-state index in [1.54, 1.807) is 39.4 Å². The summed E-state index contributed by atoms with van der Waals surface area (Å²) in [4.78, 5) is 19.4. The molecule has 4 heterocycles. The Labute approximate surface area is 207 Å². The molecule has 0 atom stereocenters. The minimum Gasteiger partial charge on any atom is -0.378 e. The van der Waals surface area contributed by atoms with Gasteiger partial charge in [0.2, 0.25) is 5.95 Å². The Morgan fingerprint density at radius 1 is 1.08 bits per heavy atom. The molecular weight excluding hydrogens is 466 g/mol. The molecule has 8 nitrogen and oxygen atoms in total. The van der Waals surface area contributed by atoms with Gasteiger partial charge in [-0.15, -0.1) is 0 Å². The SMILES string of the molecule is Cc1cc(F)c(NC(=O)c2cnn(C(C)(C)C)c2F)cc1-c1cc(N2CCOCC2)n2cncc2c1. The van der Waals surface area contributed by atoms with Crippen LogP contribution in [0.5, 0.6) is 0 Å². The lowest BCUT2D eigenvalue weighted by Crippen LogP contribution is -2.37. The number of ether oxygens (including phenoxy) is 1. The molecule has 1 saturated heterocycles. The summed E-state index contributed by atoms with van der Waals surface area (Å²) in [5, 5.41) is 6.52. The number of hydrogen-bond donors (Lipinski definition) is 1. The minimum atomic E-state index is -0.769. The quantitative estimate of drug-likeness (QED) is 0.448. The van der Waals surface area contributed by atoms with Crippen LogP contribution in [-0.2, 0) is 10.3 Å². The number of pyridine rings is 1. The molecule has 3 aromatic heterocycles. The van der Waals surface area contributed by atoms with Crippen LogP contribution < -0.4 is 10.2 Å². The number of aromatic nitrogens is 4. The van der Waals surface area contributed by atoms with Crippen molar-refractivity contribution in [1.29, 1.82) is 0 Å². The first-order valence-electron chi connectivity index (χ1n) is 11.8. The second-order valence-electron chi connectivity index (χ2n) is 9.92. The van der Waals surface area contributed by atoms with E-state index in [1.165, 1.54) is 6.07 Å². The number of carbonyl (C=O) groups is 1.